The fraction of sp³-hybridized carbons (Fsp3) is 0.217. The first-order valence-corrected chi connectivity index (χ1v) is 9.32. The quantitative estimate of drug-likeness (QED) is 0.470. The van der Waals surface area contributed by atoms with E-state index in [1.807, 2.05) is 0 Å². The van der Waals surface area contributed by atoms with Gasteiger partial charge in [0, 0.05) is 22.9 Å². The fourth-order valence-electron chi connectivity index (χ4n) is 2.95. The molecule has 3 rings (SSSR count). The van der Waals surface area contributed by atoms with E-state index in [-0.39, 0.29) is 5.76 Å². The first-order chi connectivity index (χ1) is 13.8. The third kappa shape index (κ3) is 4.83. The Hall–Kier alpha value is -3.15. The van der Waals surface area contributed by atoms with E-state index >= 15 is 0 Å². The molecule has 1 heterocycles. The highest BCUT2D eigenvalue weighted by molar-refractivity contribution is 5.78. The average molecular weight is 398 g/mol. The summed E-state index contributed by atoms with van der Waals surface area (Å²) in [7, 11) is 0. The Morgan fingerprint density at radius 2 is 1.55 bits per heavy atom. The molecule has 0 atom stereocenters. The molecule has 0 amide bonds. The minimum absolute atomic E-state index is 0.0395. The molecule has 150 valence electrons. The van der Waals surface area contributed by atoms with Crippen molar-refractivity contribution in [3.05, 3.63) is 78.1 Å². The molecule has 2 aromatic carbocycles. The Morgan fingerprint density at radius 3 is 2.10 bits per heavy atom. The Kier molecular flexibility index (Phi) is 6.01. The highest BCUT2D eigenvalue weighted by Gasteiger charge is 2.30. The largest absolute Gasteiger partial charge is 0.508 e. The van der Waals surface area contributed by atoms with Crippen LogP contribution in [0.4, 0.5) is 13.2 Å². The van der Waals surface area contributed by atoms with Crippen molar-refractivity contribution in [3.8, 4) is 22.5 Å². The predicted octanol–water partition coefficient (Wildman–Crippen LogP) is 6.70. The molecule has 0 bridgehead atoms. The molecule has 3 nitrogen and oxygen atoms in total. The van der Waals surface area contributed by atoms with Gasteiger partial charge in [-0.1, -0.05) is 56.3 Å². The molecule has 6 heteroatoms. The minimum Gasteiger partial charge on any atom is -0.508 e. The molecule has 0 fully saturated rings. The van der Waals surface area contributed by atoms with Crippen LogP contribution in [0.2, 0.25) is 0 Å². The van der Waals surface area contributed by atoms with Crippen LogP contribution >= 0.6 is 0 Å². The summed E-state index contributed by atoms with van der Waals surface area (Å²) in [5.41, 5.74) is 3.12. The molecule has 0 spiro atoms. The number of nitrogens with zero attached hydrogens (tertiary/aromatic N) is 2. The van der Waals surface area contributed by atoms with Gasteiger partial charge in [-0.15, -0.1) is 0 Å². The molecule has 0 radical (unpaired) electrons. The van der Waals surface area contributed by atoms with Crippen LogP contribution in [-0.2, 0) is 12.6 Å². The summed E-state index contributed by atoms with van der Waals surface area (Å²) in [5, 5.41) is 9.54. The smallest absolute Gasteiger partial charge is 0.416 e. The zero-order valence-corrected chi connectivity index (χ0v) is 16.0. The van der Waals surface area contributed by atoms with Crippen molar-refractivity contribution in [3.63, 3.8) is 0 Å². The lowest BCUT2D eigenvalue weighted by Crippen LogP contribution is -2.04. The number of halogens is 3. The van der Waals surface area contributed by atoms with Crippen LogP contribution in [0.15, 0.2) is 61.3 Å². The number of aliphatic hydroxyl groups is 1. The van der Waals surface area contributed by atoms with E-state index in [0.717, 1.165) is 42.7 Å². The third-order valence-electron chi connectivity index (χ3n) is 4.59. The summed E-state index contributed by atoms with van der Waals surface area (Å²) in [6, 6.07) is 11.9. The first kappa shape index (κ1) is 20.6. The van der Waals surface area contributed by atoms with Crippen LogP contribution in [0.1, 0.15) is 36.6 Å². The molecular weight excluding hydrogens is 377 g/mol. The van der Waals surface area contributed by atoms with Gasteiger partial charge in [0.1, 0.15) is 5.76 Å². The lowest BCUT2D eigenvalue weighted by Gasteiger charge is -2.12. The molecule has 0 unspecified atom stereocenters. The lowest BCUT2D eigenvalue weighted by atomic mass is 10.0. The van der Waals surface area contributed by atoms with Gasteiger partial charge in [0.15, 0.2) is 0 Å². The van der Waals surface area contributed by atoms with Gasteiger partial charge in [-0.05, 0) is 25.0 Å². The Labute approximate surface area is 167 Å². The van der Waals surface area contributed by atoms with E-state index in [0.29, 0.717) is 22.5 Å². The van der Waals surface area contributed by atoms with Crippen LogP contribution < -0.4 is 0 Å². The van der Waals surface area contributed by atoms with Crippen LogP contribution in [0.25, 0.3) is 28.3 Å². The second kappa shape index (κ2) is 8.47. The summed E-state index contributed by atoms with van der Waals surface area (Å²) < 4.78 is 38.7. The predicted molar refractivity (Wildman–Crippen MR) is 108 cm³/mol. The summed E-state index contributed by atoms with van der Waals surface area (Å²) in [6.45, 7) is 5.59. The molecule has 0 aliphatic carbocycles. The van der Waals surface area contributed by atoms with Gasteiger partial charge < -0.3 is 5.11 Å². The summed E-state index contributed by atoms with van der Waals surface area (Å²) in [4.78, 5) is 9.25. The van der Waals surface area contributed by atoms with E-state index in [9.17, 15) is 18.3 Å². The second-order valence-electron chi connectivity index (χ2n) is 6.76. The number of hydrogen-bond donors (Lipinski definition) is 1. The number of unbranched alkanes of at least 4 members (excludes halogenated alkanes) is 1. The standard InChI is InChI=1S/C23H21F3N2O/c1-3-4-5-20-14-27-21(17-10-12-19(13-11-17)23(24,25)26)22(28-20)18-8-6-16(7-9-18)15(2)29/h6-14,29H,2-5H2,1H3. The molecule has 0 saturated carbocycles. The Bertz CT molecular complexity index is 994. The molecule has 0 aliphatic heterocycles. The lowest BCUT2D eigenvalue weighted by molar-refractivity contribution is -0.137. The third-order valence-corrected chi connectivity index (χ3v) is 4.59. The maximum absolute atomic E-state index is 12.9. The van der Waals surface area contributed by atoms with Gasteiger partial charge in [0.25, 0.3) is 0 Å². The van der Waals surface area contributed by atoms with E-state index in [2.05, 4.69) is 18.5 Å². The molecule has 1 aromatic heterocycles. The van der Waals surface area contributed by atoms with Gasteiger partial charge >= 0.3 is 6.18 Å². The molecular formula is C23H21F3N2O. The van der Waals surface area contributed by atoms with Crippen molar-refractivity contribution in [1.82, 2.24) is 9.97 Å². The van der Waals surface area contributed by atoms with E-state index in [1.54, 1.807) is 30.5 Å². The number of alkyl halides is 3. The molecule has 1 N–H and O–H groups in total. The van der Waals surface area contributed by atoms with Crippen LogP contribution in [0.3, 0.4) is 0 Å². The van der Waals surface area contributed by atoms with Crippen LogP contribution in [-0.4, -0.2) is 15.1 Å². The van der Waals surface area contributed by atoms with Crippen molar-refractivity contribution >= 4 is 5.76 Å². The molecule has 29 heavy (non-hydrogen) atoms. The van der Waals surface area contributed by atoms with Gasteiger partial charge in [-0.25, -0.2) is 4.98 Å². The van der Waals surface area contributed by atoms with Gasteiger partial charge in [0.2, 0.25) is 0 Å². The van der Waals surface area contributed by atoms with Crippen molar-refractivity contribution in [2.45, 2.75) is 32.4 Å². The van der Waals surface area contributed by atoms with Crippen molar-refractivity contribution in [1.29, 1.82) is 0 Å². The minimum atomic E-state index is -4.39. The van der Waals surface area contributed by atoms with Crippen LogP contribution in [0.5, 0.6) is 0 Å². The van der Waals surface area contributed by atoms with Gasteiger partial charge in [0.05, 0.1) is 22.6 Å². The number of hydrogen-bond acceptors (Lipinski definition) is 3. The average Bonchev–Trinajstić information content (AvgIpc) is 2.71. The number of rotatable bonds is 6. The molecule has 3 aromatic rings. The van der Waals surface area contributed by atoms with E-state index in [1.165, 1.54) is 12.1 Å². The van der Waals surface area contributed by atoms with Crippen molar-refractivity contribution < 1.29 is 18.3 Å². The normalized spacial score (nSPS) is 11.4. The maximum Gasteiger partial charge on any atom is 0.416 e. The highest BCUT2D eigenvalue weighted by atomic mass is 19.4. The fourth-order valence-corrected chi connectivity index (χ4v) is 2.95. The monoisotopic (exact) mass is 398 g/mol. The maximum atomic E-state index is 12.9. The zero-order valence-electron chi connectivity index (χ0n) is 16.0. The van der Waals surface area contributed by atoms with Gasteiger partial charge in [-0.3, -0.25) is 4.98 Å². The summed E-state index contributed by atoms with van der Waals surface area (Å²) in [5.74, 6) is -0.0395. The number of aliphatic hydroxyl groups excluding tert-OH is 1. The highest BCUT2D eigenvalue weighted by Crippen LogP contribution is 2.33. The Balaban J connectivity index is 2.07. The molecule has 0 saturated heterocycles. The second-order valence-corrected chi connectivity index (χ2v) is 6.76. The first-order valence-electron chi connectivity index (χ1n) is 9.32. The number of aromatic nitrogens is 2. The molecule has 0 aliphatic rings. The van der Waals surface area contributed by atoms with E-state index < -0.39 is 11.7 Å². The number of benzene rings is 2. The van der Waals surface area contributed by atoms with Crippen LogP contribution in [0, 0.1) is 0 Å². The zero-order chi connectivity index (χ0) is 21.0. The van der Waals surface area contributed by atoms with E-state index in [4.69, 9.17) is 4.98 Å². The van der Waals surface area contributed by atoms with Crippen molar-refractivity contribution in [2.24, 2.45) is 0 Å². The topological polar surface area (TPSA) is 46.0 Å². The SMILES string of the molecule is C=C(O)c1ccc(-c2nc(CCCC)cnc2-c2ccc(C(F)(F)F)cc2)cc1. The summed E-state index contributed by atoms with van der Waals surface area (Å²) >= 11 is 0. The Morgan fingerprint density at radius 1 is 0.966 bits per heavy atom. The number of aryl methyl sites for hydroxylation is 1. The van der Waals surface area contributed by atoms with Gasteiger partial charge in [-0.2, -0.15) is 13.2 Å². The summed E-state index contributed by atoms with van der Waals surface area (Å²) in [6.07, 6.45) is 0.0486. The van der Waals surface area contributed by atoms with Crippen molar-refractivity contribution in [2.75, 3.05) is 0 Å².